The van der Waals surface area contributed by atoms with Gasteiger partial charge < -0.3 is 14.4 Å². The molecule has 2 saturated heterocycles. The Morgan fingerprint density at radius 2 is 1.92 bits per heavy atom. The second-order valence-corrected chi connectivity index (χ2v) is 10.3. The van der Waals surface area contributed by atoms with Gasteiger partial charge in [-0.1, -0.05) is 31.5 Å². The molecule has 5 heteroatoms. The van der Waals surface area contributed by atoms with Crippen LogP contribution in [0.2, 0.25) is 0 Å². The fourth-order valence-corrected chi connectivity index (χ4v) is 7.92. The SMILES string of the molecule is COC1CCC2NC(C)(C)C3SN(C4CCCCC4)C(=S)C3C2C1. The predicted octanol–water partition coefficient (Wildman–Crippen LogP) is 4.16. The lowest BCUT2D eigenvalue weighted by molar-refractivity contribution is 0.00696. The van der Waals surface area contributed by atoms with Gasteiger partial charge >= 0.3 is 0 Å². The smallest absolute Gasteiger partial charge is 0.0928 e. The van der Waals surface area contributed by atoms with Crippen LogP contribution in [0.15, 0.2) is 0 Å². The van der Waals surface area contributed by atoms with Crippen LogP contribution in [0.4, 0.5) is 0 Å². The Morgan fingerprint density at radius 3 is 2.62 bits per heavy atom. The van der Waals surface area contributed by atoms with Crippen LogP contribution in [-0.2, 0) is 4.74 Å². The standard InChI is InChI=1S/C19H32N2OS2/c1-19(2)17-16(14-11-13(22-3)9-10-15(14)20-19)18(23)21(24-17)12-7-5-4-6-8-12/h12-17,20H,4-11H2,1-3H3. The van der Waals surface area contributed by atoms with Gasteiger partial charge in [0.2, 0.25) is 0 Å². The number of fused-ring (bicyclic) bond motifs is 3. The van der Waals surface area contributed by atoms with Crippen LogP contribution in [0.5, 0.6) is 0 Å². The summed E-state index contributed by atoms with van der Waals surface area (Å²) in [6, 6.07) is 1.29. The number of ether oxygens (including phenoxy) is 1. The first-order valence-electron chi connectivity index (χ1n) is 9.81. The molecule has 5 unspecified atom stereocenters. The van der Waals surface area contributed by atoms with Crippen molar-refractivity contribution in [2.45, 2.75) is 94.2 Å². The fourth-order valence-electron chi connectivity index (χ4n) is 5.60. The van der Waals surface area contributed by atoms with Gasteiger partial charge in [0.25, 0.3) is 0 Å². The molecule has 2 heterocycles. The van der Waals surface area contributed by atoms with E-state index in [9.17, 15) is 0 Å². The molecule has 4 fully saturated rings. The Hall–Kier alpha value is 0.160. The lowest BCUT2D eigenvalue weighted by atomic mass is 9.67. The Labute approximate surface area is 156 Å². The van der Waals surface area contributed by atoms with Crippen LogP contribution in [0.3, 0.4) is 0 Å². The molecular formula is C19H32N2OS2. The number of hydrogen-bond acceptors (Lipinski definition) is 4. The van der Waals surface area contributed by atoms with Gasteiger partial charge in [-0.05, 0) is 63.8 Å². The minimum atomic E-state index is 0.157. The van der Waals surface area contributed by atoms with Crippen molar-refractivity contribution >= 4 is 29.2 Å². The predicted molar refractivity (Wildman–Crippen MR) is 105 cm³/mol. The quantitative estimate of drug-likeness (QED) is 0.583. The van der Waals surface area contributed by atoms with E-state index in [2.05, 4.69) is 35.4 Å². The van der Waals surface area contributed by atoms with Crippen LogP contribution in [-0.4, -0.2) is 45.4 Å². The average molecular weight is 369 g/mol. The molecule has 0 radical (unpaired) electrons. The van der Waals surface area contributed by atoms with Gasteiger partial charge in [-0.3, -0.25) is 0 Å². The Morgan fingerprint density at radius 1 is 1.17 bits per heavy atom. The molecular weight excluding hydrogens is 336 g/mol. The molecule has 1 N–H and O–H groups in total. The molecule has 0 aromatic carbocycles. The molecule has 0 bridgehead atoms. The molecule has 2 aliphatic carbocycles. The summed E-state index contributed by atoms with van der Waals surface area (Å²) in [7, 11) is 1.87. The van der Waals surface area contributed by atoms with E-state index in [0.29, 0.717) is 35.3 Å². The van der Waals surface area contributed by atoms with E-state index < -0.39 is 0 Å². The van der Waals surface area contributed by atoms with Gasteiger partial charge in [0.15, 0.2) is 0 Å². The average Bonchev–Trinajstić information content (AvgIpc) is 2.94. The first kappa shape index (κ1) is 17.6. The Balaban J connectivity index is 1.59. The molecule has 4 rings (SSSR count). The van der Waals surface area contributed by atoms with E-state index in [-0.39, 0.29) is 5.54 Å². The summed E-state index contributed by atoms with van der Waals surface area (Å²) >= 11 is 8.17. The van der Waals surface area contributed by atoms with Gasteiger partial charge in [-0.15, -0.1) is 0 Å². The van der Waals surface area contributed by atoms with Crippen molar-refractivity contribution in [1.82, 2.24) is 9.62 Å². The maximum absolute atomic E-state index is 6.10. The molecule has 0 aromatic heterocycles. The summed E-state index contributed by atoms with van der Waals surface area (Å²) in [6.45, 7) is 4.78. The van der Waals surface area contributed by atoms with Gasteiger partial charge in [-0.25, -0.2) is 0 Å². The molecule has 0 spiro atoms. The first-order valence-corrected chi connectivity index (χ1v) is 11.1. The third kappa shape index (κ3) is 2.93. The monoisotopic (exact) mass is 368 g/mol. The number of piperidine rings is 1. The summed E-state index contributed by atoms with van der Waals surface area (Å²) < 4.78 is 8.30. The van der Waals surface area contributed by atoms with Crippen LogP contribution in [0.1, 0.15) is 65.2 Å². The molecule has 136 valence electrons. The van der Waals surface area contributed by atoms with Gasteiger partial charge in [-0.2, -0.15) is 0 Å². The second kappa shape index (κ2) is 6.71. The van der Waals surface area contributed by atoms with Crippen LogP contribution in [0.25, 0.3) is 0 Å². The third-order valence-electron chi connectivity index (χ3n) is 6.88. The van der Waals surface area contributed by atoms with Crippen molar-refractivity contribution in [1.29, 1.82) is 0 Å². The molecule has 24 heavy (non-hydrogen) atoms. The Kier molecular flexibility index (Phi) is 4.91. The Bertz CT molecular complexity index is 492. The lowest BCUT2D eigenvalue weighted by Crippen LogP contribution is -2.65. The van der Waals surface area contributed by atoms with E-state index in [1.807, 2.05) is 7.11 Å². The van der Waals surface area contributed by atoms with E-state index >= 15 is 0 Å². The first-order chi connectivity index (χ1) is 11.5. The van der Waals surface area contributed by atoms with Gasteiger partial charge in [0.1, 0.15) is 0 Å². The van der Waals surface area contributed by atoms with Gasteiger partial charge in [0, 0.05) is 30.7 Å². The number of methoxy groups -OCH3 is 1. The van der Waals surface area contributed by atoms with Crippen molar-refractivity contribution in [2.24, 2.45) is 11.8 Å². The highest BCUT2D eigenvalue weighted by Crippen LogP contribution is 2.53. The summed E-state index contributed by atoms with van der Waals surface area (Å²) in [5.41, 5.74) is 0.157. The molecule has 3 nitrogen and oxygen atoms in total. The number of thiocarbonyl (C=S) groups is 1. The molecule has 4 aliphatic rings. The largest absolute Gasteiger partial charge is 0.381 e. The lowest BCUT2D eigenvalue weighted by Gasteiger charge is -2.51. The molecule has 2 saturated carbocycles. The van der Waals surface area contributed by atoms with Crippen molar-refractivity contribution in [3.8, 4) is 0 Å². The fraction of sp³-hybridized carbons (Fsp3) is 0.947. The zero-order valence-electron chi connectivity index (χ0n) is 15.3. The number of rotatable bonds is 2. The normalized spacial score (nSPS) is 42.7. The maximum Gasteiger partial charge on any atom is 0.0928 e. The second-order valence-electron chi connectivity index (χ2n) is 8.81. The highest BCUT2D eigenvalue weighted by atomic mass is 32.2. The summed E-state index contributed by atoms with van der Waals surface area (Å²) in [4.78, 5) is 1.26. The minimum absolute atomic E-state index is 0.157. The molecule has 5 atom stereocenters. The summed E-state index contributed by atoms with van der Waals surface area (Å²) in [5, 5.41) is 4.57. The molecule has 0 amide bonds. The van der Waals surface area contributed by atoms with Crippen molar-refractivity contribution in [3.63, 3.8) is 0 Å². The van der Waals surface area contributed by atoms with Crippen LogP contribution < -0.4 is 5.32 Å². The number of nitrogens with zero attached hydrogens (tertiary/aromatic N) is 1. The van der Waals surface area contributed by atoms with Crippen molar-refractivity contribution < 1.29 is 4.74 Å². The molecule has 2 aliphatic heterocycles. The zero-order chi connectivity index (χ0) is 16.9. The summed E-state index contributed by atoms with van der Waals surface area (Å²) in [5.74, 6) is 1.20. The molecule has 0 aromatic rings. The van der Waals surface area contributed by atoms with Crippen LogP contribution in [0, 0.1) is 11.8 Å². The zero-order valence-corrected chi connectivity index (χ0v) is 16.9. The maximum atomic E-state index is 6.10. The summed E-state index contributed by atoms with van der Waals surface area (Å²) in [6.07, 6.45) is 10.8. The number of nitrogens with one attached hydrogen (secondary N) is 1. The van der Waals surface area contributed by atoms with E-state index in [1.165, 1.54) is 56.4 Å². The van der Waals surface area contributed by atoms with Crippen molar-refractivity contribution in [2.75, 3.05) is 7.11 Å². The third-order valence-corrected chi connectivity index (χ3v) is 9.29. The van der Waals surface area contributed by atoms with E-state index in [4.69, 9.17) is 17.0 Å². The van der Waals surface area contributed by atoms with Crippen LogP contribution >= 0.6 is 24.2 Å². The topological polar surface area (TPSA) is 24.5 Å². The van der Waals surface area contributed by atoms with E-state index in [0.717, 1.165) is 0 Å². The van der Waals surface area contributed by atoms with E-state index in [1.54, 1.807) is 0 Å². The van der Waals surface area contributed by atoms with Gasteiger partial charge in [0.05, 0.1) is 16.3 Å². The van der Waals surface area contributed by atoms with Crippen molar-refractivity contribution in [3.05, 3.63) is 0 Å². The highest BCUT2D eigenvalue weighted by Gasteiger charge is 2.57. The highest BCUT2D eigenvalue weighted by molar-refractivity contribution is 8.00. The minimum Gasteiger partial charge on any atom is -0.381 e. The number of hydrogen-bond donors (Lipinski definition) is 1.